The highest BCUT2D eigenvalue weighted by Crippen LogP contribution is 2.39. The van der Waals surface area contributed by atoms with E-state index < -0.39 is 5.54 Å². The Balaban J connectivity index is 2.52. The van der Waals surface area contributed by atoms with Crippen molar-refractivity contribution in [2.75, 3.05) is 12.3 Å². The van der Waals surface area contributed by atoms with Crippen molar-refractivity contribution in [3.63, 3.8) is 0 Å². The lowest BCUT2D eigenvalue weighted by atomic mass is 9.86. The summed E-state index contributed by atoms with van der Waals surface area (Å²) >= 11 is 1.79. The minimum absolute atomic E-state index is 0.276. The maximum absolute atomic E-state index is 11.8. The van der Waals surface area contributed by atoms with Crippen molar-refractivity contribution < 1.29 is 4.79 Å². The molecule has 1 aliphatic heterocycles. The van der Waals surface area contributed by atoms with Gasteiger partial charge in [-0.3, -0.25) is 10.1 Å². The summed E-state index contributed by atoms with van der Waals surface area (Å²) in [5.41, 5.74) is 5.95. The summed E-state index contributed by atoms with van der Waals surface area (Å²) < 4.78 is 0. The zero-order valence-corrected chi connectivity index (χ0v) is 10.1. The van der Waals surface area contributed by atoms with Crippen molar-refractivity contribution >= 4 is 17.7 Å². The van der Waals surface area contributed by atoms with Crippen LogP contribution >= 0.6 is 11.8 Å². The van der Waals surface area contributed by atoms with Gasteiger partial charge < -0.3 is 5.73 Å². The van der Waals surface area contributed by atoms with Gasteiger partial charge in [0.05, 0.1) is 0 Å². The Morgan fingerprint density at radius 3 is 3.00 bits per heavy atom. The van der Waals surface area contributed by atoms with Gasteiger partial charge >= 0.3 is 0 Å². The summed E-state index contributed by atoms with van der Waals surface area (Å²) in [5, 5.41) is 3.27. The lowest BCUT2D eigenvalue weighted by molar-refractivity contribution is -0.125. The summed E-state index contributed by atoms with van der Waals surface area (Å²) in [6.07, 6.45) is 0.762. The first kappa shape index (κ1) is 11.5. The van der Waals surface area contributed by atoms with Crippen LogP contribution in [0.3, 0.4) is 0 Å². The lowest BCUT2D eigenvalue weighted by Crippen LogP contribution is -2.54. The van der Waals surface area contributed by atoms with Crippen LogP contribution in [0.2, 0.25) is 0 Å². The van der Waals surface area contributed by atoms with Crippen molar-refractivity contribution in [2.45, 2.75) is 23.8 Å². The molecule has 0 aliphatic carbocycles. The highest BCUT2D eigenvalue weighted by atomic mass is 32.2. The molecule has 0 aromatic heterocycles. The number of carbonyl (C=O) groups excluding carboxylic acids is 1. The number of hydrogen-bond donors (Lipinski definition) is 2. The molecule has 0 spiro atoms. The number of primary amides is 1. The third-order valence-corrected chi connectivity index (χ3v) is 4.06. The summed E-state index contributed by atoms with van der Waals surface area (Å²) in [5.74, 6) is 0.648. The van der Waals surface area contributed by atoms with Gasteiger partial charge in [-0.1, -0.05) is 25.1 Å². The van der Waals surface area contributed by atoms with Crippen molar-refractivity contribution in [2.24, 2.45) is 5.73 Å². The summed E-state index contributed by atoms with van der Waals surface area (Å²) in [6, 6.07) is 8.00. The zero-order chi connectivity index (χ0) is 11.6. The first-order chi connectivity index (χ1) is 7.70. The van der Waals surface area contributed by atoms with Gasteiger partial charge in [-0.25, -0.2) is 0 Å². The number of carbonyl (C=O) groups is 1. The first-order valence-corrected chi connectivity index (χ1v) is 6.46. The molecule has 0 bridgehead atoms. The molecule has 0 radical (unpaired) electrons. The molecule has 3 N–H and O–H groups in total. The highest BCUT2D eigenvalue weighted by molar-refractivity contribution is 7.99. The van der Waals surface area contributed by atoms with Gasteiger partial charge in [-0.15, -0.1) is 11.8 Å². The molecule has 1 unspecified atom stereocenters. The number of rotatable bonds is 3. The van der Waals surface area contributed by atoms with E-state index >= 15 is 0 Å². The van der Waals surface area contributed by atoms with E-state index in [1.54, 1.807) is 11.8 Å². The Morgan fingerprint density at radius 1 is 1.56 bits per heavy atom. The fraction of sp³-hybridized carbons (Fsp3) is 0.417. The smallest absolute Gasteiger partial charge is 0.242 e. The molecule has 0 saturated heterocycles. The first-order valence-electron chi connectivity index (χ1n) is 5.48. The van der Waals surface area contributed by atoms with Crippen molar-refractivity contribution in [1.82, 2.24) is 5.32 Å². The van der Waals surface area contributed by atoms with Crippen LogP contribution in [0.15, 0.2) is 29.2 Å². The van der Waals surface area contributed by atoms with E-state index in [0.717, 1.165) is 29.2 Å². The summed E-state index contributed by atoms with van der Waals surface area (Å²) in [7, 11) is 0. The number of nitrogens with two attached hydrogens (primary N) is 1. The predicted molar refractivity (Wildman–Crippen MR) is 66.3 cm³/mol. The molecule has 0 fully saturated rings. The Morgan fingerprint density at radius 2 is 2.31 bits per heavy atom. The van der Waals surface area contributed by atoms with Gasteiger partial charge in [0.25, 0.3) is 0 Å². The van der Waals surface area contributed by atoms with Crippen LogP contribution in [0, 0.1) is 0 Å². The molecule has 1 aromatic carbocycles. The third-order valence-electron chi connectivity index (χ3n) is 2.98. The molecule has 1 amide bonds. The van der Waals surface area contributed by atoms with E-state index in [0.29, 0.717) is 0 Å². The number of thioether (sulfide) groups is 1. The van der Waals surface area contributed by atoms with Crippen LogP contribution in [-0.2, 0) is 10.3 Å². The average Bonchev–Trinajstić information content (AvgIpc) is 2.29. The standard InChI is InChI=1S/C12H16N2OS/c1-2-14-12(11(13)15)7-8-16-10-6-4-3-5-9(10)12/h3-6,14H,2,7-8H2,1H3,(H2,13,15). The van der Waals surface area contributed by atoms with Crippen molar-refractivity contribution in [3.05, 3.63) is 29.8 Å². The summed E-state index contributed by atoms with van der Waals surface area (Å²) in [4.78, 5) is 12.9. The topological polar surface area (TPSA) is 55.1 Å². The maximum atomic E-state index is 11.8. The lowest BCUT2D eigenvalue weighted by Gasteiger charge is -2.36. The predicted octanol–water partition coefficient (Wildman–Crippen LogP) is 1.47. The van der Waals surface area contributed by atoms with Gasteiger partial charge in [-0.05, 0) is 24.6 Å². The van der Waals surface area contributed by atoms with Crippen molar-refractivity contribution in [1.29, 1.82) is 0 Å². The molecule has 1 aliphatic rings. The van der Waals surface area contributed by atoms with Crippen LogP contribution in [0.4, 0.5) is 0 Å². The van der Waals surface area contributed by atoms with Crippen LogP contribution in [0.1, 0.15) is 18.9 Å². The molecular formula is C12H16N2OS. The van der Waals surface area contributed by atoms with Gasteiger partial charge in [0, 0.05) is 10.6 Å². The van der Waals surface area contributed by atoms with Crippen LogP contribution < -0.4 is 11.1 Å². The van der Waals surface area contributed by atoms with Crippen molar-refractivity contribution in [3.8, 4) is 0 Å². The fourth-order valence-corrected chi connectivity index (χ4v) is 3.42. The Labute approximate surface area is 99.8 Å². The van der Waals surface area contributed by atoms with E-state index in [9.17, 15) is 4.79 Å². The van der Waals surface area contributed by atoms with Gasteiger partial charge in [-0.2, -0.15) is 0 Å². The van der Waals surface area contributed by atoms with Crippen LogP contribution in [-0.4, -0.2) is 18.2 Å². The quantitative estimate of drug-likeness (QED) is 0.835. The summed E-state index contributed by atoms with van der Waals surface area (Å²) in [6.45, 7) is 2.73. The molecule has 1 atom stereocenters. The Hall–Kier alpha value is -1.00. The van der Waals surface area contributed by atoms with Gasteiger partial charge in [0.2, 0.25) is 5.91 Å². The number of nitrogens with one attached hydrogen (secondary N) is 1. The normalized spacial score (nSPS) is 23.8. The minimum atomic E-state index is -0.670. The Kier molecular flexibility index (Phi) is 3.21. The Bertz CT molecular complexity index is 408. The third kappa shape index (κ3) is 1.72. The minimum Gasteiger partial charge on any atom is -0.368 e. The molecule has 1 heterocycles. The number of amides is 1. The second-order valence-electron chi connectivity index (χ2n) is 3.89. The van der Waals surface area contributed by atoms with Crippen LogP contribution in [0.5, 0.6) is 0 Å². The molecule has 1 aromatic rings. The monoisotopic (exact) mass is 236 g/mol. The fourth-order valence-electron chi connectivity index (χ4n) is 2.22. The molecular weight excluding hydrogens is 220 g/mol. The molecule has 16 heavy (non-hydrogen) atoms. The van der Waals surface area contributed by atoms with E-state index in [1.165, 1.54) is 0 Å². The molecule has 4 heteroatoms. The second kappa shape index (κ2) is 4.47. The molecule has 0 saturated carbocycles. The van der Waals surface area contributed by atoms with Gasteiger partial charge in [0.15, 0.2) is 0 Å². The second-order valence-corrected chi connectivity index (χ2v) is 5.03. The van der Waals surface area contributed by atoms with E-state index in [1.807, 2.05) is 31.2 Å². The van der Waals surface area contributed by atoms with Gasteiger partial charge in [0.1, 0.15) is 5.54 Å². The molecule has 86 valence electrons. The van der Waals surface area contributed by atoms with E-state index in [2.05, 4.69) is 5.32 Å². The number of likely N-dealkylation sites (N-methyl/N-ethyl adjacent to an activating group) is 1. The van der Waals surface area contributed by atoms with E-state index in [-0.39, 0.29) is 5.91 Å². The SMILES string of the molecule is CCNC1(C(N)=O)CCSc2ccccc21. The number of benzene rings is 1. The molecule has 2 rings (SSSR count). The highest BCUT2D eigenvalue weighted by Gasteiger charge is 2.41. The largest absolute Gasteiger partial charge is 0.368 e. The van der Waals surface area contributed by atoms with Crippen LogP contribution in [0.25, 0.3) is 0 Å². The number of hydrogen-bond acceptors (Lipinski definition) is 3. The number of fused-ring (bicyclic) bond motifs is 1. The maximum Gasteiger partial charge on any atom is 0.242 e. The zero-order valence-electron chi connectivity index (χ0n) is 9.32. The van der Waals surface area contributed by atoms with E-state index in [4.69, 9.17) is 5.73 Å². The average molecular weight is 236 g/mol. The molecule has 3 nitrogen and oxygen atoms in total.